The van der Waals surface area contributed by atoms with Crippen LogP contribution in [0.15, 0.2) is 84.9 Å². The van der Waals surface area contributed by atoms with Gasteiger partial charge < -0.3 is 15.0 Å². The predicted molar refractivity (Wildman–Crippen MR) is 129 cm³/mol. The number of para-hydroxylation sites is 2. The van der Waals surface area contributed by atoms with Crippen LogP contribution < -0.4 is 15.0 Å². The fourth-order valence-corrected chi connectivity index (χ4v) is 3.41. The minimum absolute atomic E-state index is 0.0733. The SMILES string of the molecule is N#CCCN(C(=O)CCC(=O)NCCOc1ccccc1-c1ccccc1)c1ccccc1. The number of carbonyl (C=O) groups is 2. The third kappa shape index (κ3) is 7.22. The van der Waals surface area contributed by atoms with E-state index in [1.807, 2.05) is 84.9 Å². The van der Waals surface area contributed by atoms with Gasteiger partial charge in [-0.3, -0.25) is 9.59 Å². The number of nitrogens with one attached hydrogen (secondary N) is 1. The van der Waals surface area contributed by atoms with Crippen LogP contribution in [0, 0.1) is 11.3 Å². The fraction of sp³-hybridized carbons (Fsp3) is 0.222. The van der Waals surface area contributed by atoms with E-state index < -0.39 is 0 Å². The zero-order chi connectivity index (χ0) is 23.3. The molecule has 0 heterocycles. The summed E-state index contributed by atoms with van der Waals surface area (Å²) in [5.74, 6) is 0.361. The van der Waals surface area contributed by atoms with Gasteiger partial charge in [-0.25, -0.2) is 0 Å². The number of nitrogens with zero attached hydrogens (tertiary/aromatic N) is 2. The van der Waals surface area contributed by atoms with Crippen LogP contribution in [0.25, 0.3) is 11.1 Å². The number of benzene rings is 3. The van der Waals surface area contributed by atoms with Crippen molar-refractivity contribution in [1.82, 2.24) is 5.32 Å². The van der Waals surface area contributed by atoms with Crippen molar-refractivity contribution in [1.29, 1.82) is 5.26 Å². The fourth-order valence-electron chi connectivity index (χ4n) is 3.41. The molecule has 2 amide bonds. The molecule has 0 saturated carbocycles. The lowest BCUT2D eigenvalue weighted by molar-refractivity contribution is -0.125. The lowest BCUT2D eigenvalue weighted by Crippen LogP contribution is -2.34. The first kappa shape index (κ1) is 23.6. The van der Waals surface area contributed by atoms with Gasteiger partial charge in [-0.2, -0.15) is 5.26 Å². The number of rotatable bonds is 11. The second kappa shape index (κ2) is 12.7. The Morgan fingerprint density at radius 3 is 2.27 bits per heavy atom. The molecule has 0 fully saturated rings. The first-order chi connectivity index (χ1) is 16.2. The third-order valence-corrected chi connectivity index (χ3v) is 5.04. The Morgan fingerprint density at radius 1 is 0.879 bits per heavy atom. The van der Waals surface area contributed by atoms with E-state index in [1.54, 1.807) is 4.90 Å². The van der Waals surface area contributed by atoms with Gasteiger partial charge >= 0.3 is 0 Å². The van der Waals surface area contributed by atoms with Crippen molar-refractivity contribution in [3.05, 3.63) is 84.9 Å². The number of hydrogen-bond donors (Lipinski definition) is 1. The van der Waals surface area contributed by atoms with Crippen molar-refractivity contribution in [2.75, 3.05) is 24.6 Å². The van der Waals surface area contributed by atoms with Gasteiger partial charge in [0.15, 0.2) is 0 Å². The summed E-state index contributed by atoms with van der Waals surface area (Å²) < 4.78 is 5.89. The molecule has 0 aliphatic rings. The summed E-state index contributed by atoms with van der Waals surface area (Å²) in [5, 5.41) is 11.7. The predicted octanol–water partition coefficient (Wildman–Crippen LogP) is 4.58. The monoisotopic (exact) mass is 441 g/mol. The number of hydrogen-bond acceptors (Lipinski definition) is 4. The summed E-state index contributed by atoms with van der Waals surface area (Å²) in [4.78, 5) is 26.4. The number of ether oxygens (including phenoxy) is 1. The molecule has 0 aliphatic heterocycles. The molecule has 168 valence electrons. The molecular weight excluding hydrogens is 414 g/mol. The van der Waals surface area contributed by atoms with Crippen LogP contribution in [0.5, 0.6) is 5.75 Å². The van der Waals surface area contributed by atoms with Crippen molar-refractivity contribution in [3.8, 4) is 22.9 Å². The number of amides is 2. The number of carbonyl (C=O) groups excluding carboxylic acids is 2. The molecule has 0 radical (unpaired) electrons. The van der Waals surface area contributed by atoms with Gasteiger partial charge in [0.05, 0.1) is 19.0 Å². The van der Waals surface area contributed by atoms with Crippen molar-refractivity contribution in [2.45, 2.75) is 19.3 Å². The molecule has 0 unspecified atom stereocenters. The first-order valence-electron chi connectivity index (χ1n) is 11.0. The molecule has 0 spiro atoms. The van der Waals surface area contributed by atoms with Crippen LogP contribution in [-0.2, 0) is 9.59 Å². The average molecular weight is 442 g/mol. The van der Waals surface area contributed by atoms with Gasteiger partial charge in [-0.05, 0) is 23.8 Å². The Morgan fingerprint density at radius 2 is 1.55 bits per heavy atom. The maximum atomic E-state index is 12.7. The molecule has 0 atom stereocenters. The minimum atomic E-state index is -0.211. The Kier molecular flexibility index (Phi) is 9.04. The standard InChI is InChI=1S/C27H27N3O3/c28-18-9-20-30(23-12-5-2-6-13-23)27(32)17-16-26(31)29-19-21-33-25-15-8-7-14-24(25)22-10-3-1-4-11-22/h1-8,10-15H,9,16-17,19-21H2,(H,29,31). The summed E-state index contributed by atoms with van der Waals surface area (Å²) in [5.41, 5.74) is 2.78. The lowest BCUT2D eigenvalue weighted by atomic mass is 10.1. The highest BCUT2D eigenvalue weighted by molar-refractivity contribution is 5.95. The van der Waals surface area contributed by atoms with Crippen LogP contribution in [0.2, 0.25) is 0 Å². The molecule has 0 bridgehead atoms. The average Bonchev–Trinajstić information content (AvgIpc) is 2.87. The molecule has 0 aliphatic carbocycles. The Bertz CT molecular complexity index is 1080. The third-order valence-electron chi connectivity index (χ3n) is 5.04. The summed E-state index contributed by atoms with van der Waals surface area (Å²) in [6.45, 7) is 0.963. The van der Waals surface area contributed by atoms with Gasteiger partial charge in [0, 0.05) is 30.6 Å². The first-order valence-corrected chi connectivity index (χ1v) is 11.0. The van der Waals surface area contributed by atoms with Crippen molar-refractivity contribution in [3.63, 3.8) is 0 Å². The highest BCUT2D eigenvalue weighted by Gasteiger charge is 2.16. The Labute approximate surface area is 194 Å². The molecular formula is C27H27N3O3. The maximum Gasteiger partial charge on any atom is 0.227 e. The zero-order valence-corrected chi connectivity index (χ0v) is 18.4. The van der Waals surface area contributed by atoms with Gasteiger partial charge in [0.25, 0.3) is 0 Å². The van der Waals surface area contributed by atoms with Gasteiger partial charge in [0.1, 0.15) is 12.4 Å². The molecule has 33 heavy (non-hydrogen) atoms. The smallest absolute Gasteiger partial charge is 0.227 e. The highest BCUT2D eigenvalue weighted by Crippen LogP contribution is 2.29. The van der Waals surface area contributed by atoms with E-state index in [4.69, 9.17) is 10.00 Å². The molecule has 0 saturated heterocycles. The summed E-state index contributed by atoms with van der Waals surface area (Å²) >= 11 is 0. The van der Waals surface area contributed by atoms with E-state index in [0.29, 0.717) is 19.7 Å². The second-order valence-corrected chi connectivity index (χ2v) is 7.35. The quantitative estimate of drug-likeness (QED) is 0.442. The van der Waals surface area contributed by atoms with Crippen molar-refractivity contribution >= 4 is 17.5 Å². The topological polar surface area (TPSA) is 82.4 Å². The summed E-state index contributed by atoms with van der Waals surface area (Å²) in [7, 11) is 0. The minimum Gasteiger partial charge on any atom is -0.491 e. The van der Waals surface area contributed by atoms with Crippen LogP contribution in [0.1, 0.15) is 19.3 Å². The van der Waals surface area contributed by atoms with Crippen LogP contribution in [0.4, 0.5) is 5.69 Å². The Balaban J connectivity index is 1.45. The number of nitriles is 1. The summed E-state index contributed by atoms with van der Waals surface area (Å²) in [6, 6.07) is 29.0. The van der Waals surface area contributed by atoms with E-state index >= 15 is 0 Å². The normalized spacial score (nSPS) is 10.2. The van der Waals surface area contributed by atoms with Gasteiger partial charge in [0.2, 0.25) is 11.8 Å². The zero-order valence-electron chi connectivity index (χ0n) is 18.4. The second-order valence-electron chi connectivity index (χ2n) is 7.35. The maximum absolute atomic E-state index is 12.7. The molecule has 1 N–H and O–H groups in total. The molecule has 3 aromatic rings. The number of anilines is 1. The van der Waals surface area contributed by atoms with E-state index in [1.165, 1.54) is 0 Å². The molecule has 0 aromatic heterocycles. The van der Waals surface area contributed by atoms with Crippen molar-refractivity contribution < 1.29 is 14.3 Å². The van der Waals surface area contributed by atoms with E-state index in [2.05, 4.69) is 11.4 Å². The largest absolute Gasteiger partial charge is 0.491 e. The highest BCUT2D eigenvalue weighted by atomic mass is 16.5. The molecule has 6 heteroatoms. The van der Waals surface area contributed by atoms with Crippen LogP contribution in [0.3, 0.4) is 0 Å². The van der Waals surface area contributed by atoms with Gasteiger partial charge in [-0.1, -0.05) is 66.7 Å². The van der Waals surface area contributed by atoms with E-state index in [0.717, 1.165) is 22.6 Å². The van der Waals surface area contributed by atoms with Crippen molar-refractivity contribution in [2.24, 2.45) is 0 Å². The van der Waals surface area contributed by atoms with Crippen LogP contribution in [-0.4, -0.2) is 31.5 Å². The molecule has 6 nitrogen and oxygen atoms in total. The molecule has 3 aromatic carbocycles. The van der Waals surface area contributed by atoms with Gasteiger partial charge in [-0.15, -0.1) is 0 Å². The summed E-state index contributed by atoms with van der Waals surface area (Å²) in [6.07, 6.45) is 0.383. The molecule has 3 rings (SSSR count). The lowest BCUT2D eigenvalue weighted by Gasteiger charge is -2.21. The van der Waals surface area contributed by atoms with E-state index in [-0.39, 0.29) is 31.1 Å². The van der Waals surface area contributed by atoms with Crippen LogP contribution >= 0.6 is 0 Å². The Hall–Kier alpha value is -4.11. The van der Waals surface area contributed by atoms with E-state index in [9.17, 15) is 9.59 Å².